The third-order valence-electron chi connectivity index (χ3n) is 8.09. The first-order chi connectivity index (χ1) is 21.6. The number of nitrogens with one attached hydrogen (secondary N) is 2. The number of benzene rings is 4. The summed E-state index contributed by atoms with van der Waals surface area (Å²) in [7, 11) is 0. The van der Waals surface area contributed by atoms with Gasteiger partial charge in [0, 0.05) is 60.2 Å². The number of carbonyl (C=O) groups is 1. The maximum atomic E-state index is 13.9. The molecule has 220 valence electrons. The van der Waals surface area contributed by atoms with E-state index >= 15 is 0 Å². The number of aromatic amines is 1. The summed E-state index contributed by atoms with van der Waals surface area (Å²) in [6.07, 6.45) is 0.988. The van der Waals surface area contributed by atoms with Gasteiger partial charge in [-0.05, 0) is 60.0 Å². The summed E-state index contributed by atoms with van der Waals surface area (Å²) >= 11 is 3.60. The predicted molar refractivity (Wildman–Crippen MR) is 181 cm³/mol. The summed E-state index contributed by atoms with van der Waals surface area (Å²) in [6, 6.07) is 35.8. The summed E-state index contributed by atoms with van der Waals surface area (Å²) in [5.74, 6) is -0.273. The van der Waals surface area contributed by atoms with Gasteiger partial charge in [-0.2, -0.15) is 0 Å². The second-order valence-corrected chi connectivity index (χ2v) is 11.9. The third kappa shape index (κ3) is 6.18. The van der Waals surface area contributed by atoms with Crippen molar-refractivity contribution in [1.82, 2.24) is 9.88 Å². The van der Waals surface area contributed by atoms with Gasteiger partial charge in [0.25, 0.3) is 5.91 Å². The molecular formula is C36H32BrN5O2. The Morgan fingerprint density at radius 2 is 1.59 bits per heavy atom. The lowest BCUT2D eigenvalue weighted by molar-refractivity contribution is 0.102. The molecule has 0 bridgehead atoms. The Hall–Kier alpha value is -4.66. The van der Waals surface area contributed by atoms with Gasteiger partial charge in [-0.1, -0.05) is 70.5 Å². The maximum Gasteiger partial charge on any atom is 0.261 e. The Balaban J connectivity index is 1.09. The number of rotatable bonds is 7. The molecule has 4 aromatic carbocycles. The van der Waals surface area contributed by atoms with Crippen LogP contribution in [-0.2, 0) is 6.42 Å². The van der Waals surface area contributed by atoms with Crippen molar-refractivity contribution < 1.29 is 9.21 Å². The van der Waals surface area contributed by atoms with Crippen LogP contribution in [0.2, 0.25) is 0 Å². The zero-order chi connectivity index (χ0) is 29.9. The van der Waals surface area contributed by atoms with Crippen molar-refractivity contribution in [2.75, 3.05) is 42.9 Å². The molecule has 0 radical (unpaired) electrons. The molecule has 1 amide bonds. The molecule has 2 aromatic heterocycles. The van der Waals surface area contributed by atoms with Crippen molar-refractivity contribution in [3.63, 3.8) is 0 Å². The molecule has 0 atom stereocenters. The van der Waals surface area contributed by atoms with Gasteiger partial charge in [0.05, 0.1) is 17.1 Å². The lowest BCUT2D eigenvalue weighted by Crippen LogP contribution is -2.47. The molecule has 7 nitrogen and oxygen atoms in total. The van der Waals surface area contributed by atoms with Crippen LogP contribution in [0.3, 0.4) is 0 Å². The number of aromatic nitrogens is 1. The van der Waals surface area contributed by atoms with Crippen molar-refractivity contribution in [2.45, 2.75) is 6.42 Å². The topological polar surface area (TPSA) is 76.9 Å². The van der Waals surface area contributed by atoms with Crippen molar-refractivity contribution in [3.8, 4) is 0 Å². The van der Waals surface area contributed by atoms with Crippen LogP contribution in [-0.4, -0.2) is 48.5 Å². The van der Waals surface area contributed by atoms with E-state index in [9.17, 15) is 4.79 Å². The highest BCUT2D eigenvalue weighted by atomic mass is 79.9. The second kappa shape index (κ2) is 12.5. The predicted octanol–water partition coefficient (Wildman–Crippen LogP) is 7.53. The van der Waals surface area contributed by atoms with E-state index in [0.29, 0.717) is 16.8 Å². The van der Waals surface area contributed by atoms with Crippen LogP contribution in [0.15, 0.2) is 123 Å². The maximum absolute atomic E-state index is 13.9. The van der Waals surface area contributed by atoms with Crippen LogP contribution in [0.1, 0.15) is 16.1 Å². The number of hydrogen-bond donors (Lipinski definition) is 2. The zero-order valence-corrected chi connectivity index (χ0v) is 25.8. The molecule has 6 aromatic rings. The normalized spacial score (nSPS) is 14.4. The molecule has 0 unspecified atom stereocenters. The molecule has 3 heterocycles. The SMILES string of the molecule is O=C(Nc1cc(Br)ccc1N1CCN(CCc2cc3ccccc3[nH]2)CC1)c1cc2ccccc2oc1=Nc1ccccc1. The van der Waals surface area contributed by atoms with Crippen LogP contribution >= 0.6 is 15.9 Å². The van der Waals surface area contributed by atoms with E-state index in [4.69, 9.17) is 4.42 Å². The number of anilines is 2. The number of para-hydroxylation sites is 3. The molecule has 1 fully saturated rings. The van der Waals surface area contributed by atoms with Gasteiger partial charge >= 0.3 is 0 Å². The number of hydrogen-bond acceptors (Lipinski definition) is 5. The van der Waals surface area contributed by atoms with Crippen molar-refractivity contribution in [3.05, 3.63) is 130 Å². The number of H-pyrrole nitrogens is 1. The number of halogens is 1. The van der Waals surface area contributed by atoms with E-state index < -0.39 is 0 Å². The van der Waals surface area contributed by atoms with E-state index in [0.717, 1.165) is 60.4 Å². The van der Waals surface area contributed by atoms with Crippen LogP contribution < -0.4 is 15.8 Å². The summed E-state index contributed by atoms with van der Waals surface area (Å²) < 4.78 is 7.05. The fourth-order valence-corrected chi connectivity index (χ4v) is 6.13. The first-order valence-corrected chi connectivity index (χ1v) is 15.7. The average molecular weight is 647 g/mol. The molecule has 7 rings (SSSR count). The summed E-state index contributed by atoms with van der Waals surface area (Å²) in [4.78, 5) is 27.0. The zero-order valence-electron chi connectivity index (χ0n) is 24.2. The Labute approximate surface area is 264 Å². The van der Waals surface area contributed by atoms with Gasteiger partial charge < -0.3 is 19.6 Å². The molecule has 0 aliphatic carbocycles. The van der Waals surface area contributed by atoms with E-state index in [1.807, 2.05) is 72.8 Å². The van der Waals surface area contributed by atoms with Gasteiger partial charge in [0.1, 0.15) is 11.1 Å². The number of piperazine rings is 1. The van der Waals surface area contributed by atoms with Crippen molar-refractivity contribution in [2.24, 2.45) is 4.99 Å². The standard InChI is InChI=1S/C36H32BrN5O2/c37-27-14-15-33(42-20-18-41(19-21-42)17-16-29-22-25-8-4-6-12-31(25)38-29)32(24-27)40-35(43)30-23-26-9-5-7-13-34(26)44-36(30)39-28-10-2-1-3-11-28/h1-15,22-24,38H,16-21H2,(H,40,43). The molecule has 1 saturated heterocycles. The van der Waals surface area contributed by atoms with E-state index in [1.54, 1.807) is 0 Å². The molecule has 8 heteroatoms. The summed E-state index contributed by atoms with van der Waals surface area (Å²) in [5, 5.41) is 5.27. The Bertz CT molecular complexity index is 1980. The molecule has 2 N–H and O–H groups in total. The highest BCUT2D eigenvalue weighted by Crippen LogP contribution is 2.31. The van der Waals surface area contributed by atoms with E-state index in [-0.39, 0.29) is 11.5 Å². The van der Waals surface area contributed by atoms with Crippen molar-refractivity contribution in [1.29, 1.82) is 0 Å². The van der Waals surface area contributed by atoms with Gasteiger partial charge in [-0.15, -0.1) is 0 Å². The van der Waals surface area contributed by atoms with Crippen LogP contribution in [0, 0.1) is 0 Å². The first kappa shape index (κ1) is 28.1. The van der Waals surface area contributed by atoms with Gasteiger partial charge in [-0.25, -0.2) is 4.99 Å². The fraction of sp³-hybridized carbons (Fsp3) is 0.167. The number of carbonyl (C=O) groups excluding carboxylic acids is 1. The molecule has 0 saturated carbocycles. The summed E-state index contributed by atoms with van der Waals surface area (Å²) in [6.45, 7) is 4.65. The minimum Gasteiger partial charge on any atom is -0.438 e. The summed E-state index contributed by atoms with van der Waals surface area (Å²) in [5.41, 5.74) is 6.23. The van der Waals surface area contributed by atoms with Crippen LogP contribution in [0.4, 0.5) is 17.1 Å². The minimum atomic E-state index is -0.273. The minimum absolute atomic E-state index is 0.271. The molecule has 0 spiro atoms. The Morgan fingerprint density at radius 3 is 2.41 bits per heavy atom. The van der Waals surface area contributed by atoms with Crippen molar-refractivity contribution >= 4 is 60.8 Å². The fourth-order valence-electron chi connectivity index (χ4n) is 5.77. The average Bonchev–Trinajstić information content (AvgIpc) is 3.48. The highest BCUT2D eigenvalue weighted by molar-refractivity contribution is 9.10. The molecular weight excluding hydrogens is 614 g/mol. The Kier molecular flexibility index (Phi) is 8.01. The van der Waals surface area contributed by atoms with Gasteiger partial charge in [-0.3, -0.25) is 9.69 Å². The second-order valence-electron chi connectivity index (χ2n) is 11.0. The smallest absolute Gasteiger partial charge is 0.261 e. The first-order valence-electron chi connectivity index (χ1n) is 14.9. The molecule has 44 heavy (non-hydrogen) atoms. The van der Waals surface area contributed by atoms with Crippen LogP contribution in [0.25, 0.3) is 21.9 Å². The quantitative estimate of drug-likeness (QED) is 0.188. The Morgan fingerprint density at radius 1 is 0.841 bits per heavy atom. The lowest BCUT2D eigenvalue weighted by atomic mass is 10.1. The highest BCUT2D eigenvalue weighted by Gasteiger charge is 2.22. The number of nitrogens with zero attached hydrogens (tertiary/aromatic N) is 3. The van der Waals surface area contributed by atoms with E-state index in [1.165, 1.54) is 16.6 Å². The van der Waals surface area contributed by atoms with Crippen LogP contribution in [0.5, 0.6) is 0 Å². The number of amides is 1. The third-order valence-corrected chi connectivity index (χ3v) is 8.58. The lowest BCUT2D eigenvalue weighted by Gasteiger charge is -2.37. The van der Waals surface area contributed by atoms with Gasteiger partial charge in [0.2, 0.25) is 5.55 Å². The largest absolute Gasteiger partial charge is 0.438 e. The molecule has 1 aliphatic heterocycles. The number of fused-ring (bicyclic) bond motifs is 2. The molecule has 1 aliphatic rings. The van der Waals surface area contributed by atoms with Gasteiger partial charge in [0.15, 0.2) is 0 Å². The monoisotopic (exact) mass is 645 g/mol. The van der Waals surface area contributed by atoms with E-state index in [2.05, 4.69) is 77.4 Å².